The molecule has 0 aliphatic carbocycles. The summed E-state index contributed by atoms with van der Waals surface area (Å²) in [5.74, 6) is -0.360. The number of anilines is 1. The second-order valence-electron chi connectivity index (χ2n) is 4.61. The molecule has 0 fully saturated rings. The van der Waals surface area contributed by atoms with Crippen LogP contribution in [0.3, 0.4) is 0 Å². The normalized spacial score (nSPS) is 11.8. The third-order valence-electron chi connectivity index (χ3n) is 3.11. The molecule has 0 aromatic heterocycles. The van der Waals surface area contributed by atoms with Crippen LogP contribution in [0.4, 0.5) is 5.69 Å². The number of nitrogens with one attached hydrogen (secondary N) is 1. The summed E-state index contributed by atoms with van der Waals surface area (Å²) in [5, 5.41) is 4.36. The van der Waals surface area contributed by atoms with Crippen LogP contribution in [0.15, 0.2) is 42.5 Å². The fourth-order valence-corrected chi connectivity index (χ4v) is 2.28. The van der Waals surface area contributed by atoms with Gasteiger partial charge >= 0.3 is 5.97 Å². The molecule has 3 nitrogen and oxygen atoms in total. The molecule has 0 amide bonds. The van der Waals surface area contributed by atoms with Crippen molar-refractivity contribution in [3.63, 3.8) is 0 Å². The van der Waals surface area contributed by atoms with E-state index in [9.17, 15) is 4.79 Å². The minimum absolute atomic E-state index is 0.0210. The highest BCUT2D eigenvalue weighted by Crippen LogP contribution is 2.27. The van der Waals surface area contributed by atoms with Crippen LogP contribution in [-0.4, -0.2) is 13.1 Å². The Labute approximate surface area is 133 Å². The Morgan fingerprint density at radius 2 is 1.90 bits per heavy atom. The van der Waals surface area contributed by atoms with E-state index in [-0.39, 0.29) is 12.0 Å². The Morgan fingerprint density at radius 3 is 2.57 bits per heavy atom. The summed E-state index contributed by atoms with van der Waals surface area (Å²) in [5.41, 5.74) is 2.34. The molecular formula is C16H15Cl2NO2. The van der Waals surface area contributed by atoms with Crippen molar-refractivity contribution >= 4 is 34.9 Å². The lowest BCUT2D eigenvalue weighted by molar-refractivity contribution is 0.0601. The zero-order chi connectivity index (χ0) is 15.4. The largest absolute Gasteiger partial charge is 0.465 e. The van der Waals surface area contributed by atoms with Gasteiger partial charge in [0.1, 0.15) is 0 Å². The van der Waals surface area contributed by atoms with E-state index in [1.165, 1.54) is 7.11 Å². The van der Waals surface area contributed by atoms with Crippen LogP contribution in [0.2, 0.25) is 10.0 Å². The van der Waals surface area contributed by atoms with Gasteiger partial charge in [-0.2, -0.15) is 0 Å². The van der Waals surface area contributed by atoms with Crippen molar-refractivity contribution in [2.24, 2.45) is 0 Å². The minimum Gasteiger partial charge on any atom is -0.465 e. The third kappa shape index (κ3) is 3.90. The van der Waals surface area contributed by atoms with Gasteiger partial charge < -0.3 is 10.1 Å². The van der Waals surface area contributed by atoms with Crippen LogP contribution in [0.25, 0.3) is 0 Å². The van der Waals surface area contributed by atoms with Gasteiger partial charge in [-0.1, -0.05) is 35.3 Å². The van der Waals surface area contributed by atoms with E-state index < -0.39 is 0 Å². The number of rotatable bonds is 4. The van der Waals surface area contributed by atoms with Crippen LogP contribution >= 0.6 is 23.2 Å². The average Bonchev–Trinajstić information content (AvgIpc) is 2.49. The number of methoxy groups -OCH3 is 1. The molecule has 0 spiro atoms. The summed E-state index contributed by atoms with van der Waals surface area (Å²) in [6.45, 7) is 2.00. The van der Waals surface area contributed by atoms with Crippen LogP contribution in [0.1, 0.15) is 28.9 Å². The standard InChI is InChI=1S/C16H15Cl2NO2/c1-10(11-6-7-14(17)15(18)9-11)19-13-5-3-4-12(8-13)16(20)21-2/h3-10,19H,1-2H3. The van der Waals surface area contributed by atoms with Gasteiger partial charge in [0.15, 0.2) is 0 Å². The molecule has 110 valence electrons. The lowest BCUT2D eigenvalue weighted by Crippen LogP contribution is -2.08. The van der Waals surface area contributed by atoms with Crippen molar-refractivity contribution < 1.29 is 9.53 Å². The summed E-state index contributed by atoms with van der Waals surface area (Å²) in [4.78, 5) is 11.5. The van der Waals surface area contributed by atoms with E-state index in [0.717, 1.165) is 11.3 Å². The first-order valence-corrected chi connectivity index (χ1v) is 7.16. The zero-order valence-electron chi connectivity index (χ0n) is 11.7. The molecule has 1 unspecified atom stereocenters. The van der Waals surface area contributed by atoms with E-state index in [0.29, 0.717) is 15.6 Å². The molecule has 2 rings (SSSR count). The molecule has 5 heteroatoms. The third-order valence-corrected chi connectivity index (χ3v) is 3.85. The maximum Gasteiger partial charge on any atom is 0.337 e. The van der Waals surface area contributed by atoms with Crippen molar-refractivity contribution in [3.05, 3.63) is 63.6 Å². The van der Waals surface area contributed by atoms with E-state index in [4.69, 9.17) is 27.9 Å². The van der Waals surface area contributed by atoms with Crippen molar-refractivity contribution in [2.75, 3.05) is 12.4 Å². The highest BCUT2D eigenvalue weighted by atomic mass is 35.5. The molecule has 21 heavy (non-hydrogen) atoms. The van der Waals surface area contributed by atoms with Gasteiger partial charge in [0, 0.05) is 11.7 Å². The molecule has 0 aliphatic rings. The topological polar surface area (TPSA) is 38.3 Å². The van der Waals surface area contributed by atoms with Gasteiger partial charge in [0.2, 0.25) is 0 Å². The number of carbonyl (C=O) groups excluding carboxylic acids is 1. The first kappa shape index (κ1) is 15.7. The summed E-state index contributed by atoms with van der Waals surface area (Å²) < 4.78 is 4.71. The smallest absolute Gasteiger partial charge is 0.337 e. The van der Waals surface area contributed by atoms with E-state index in [1.807, 2.05) is 25.1 Å². The SMILES string of the molecule is COC(=O)c1cccc(NC(C)c2ccc(Cl)c(Cl)c2)c1. The molecule has 0 bridgehead atoms. The second-order valence-corrected chi connectivity index (χ2v) is 5.43. The Morgan fingerprint density at radius 1 is 1.14 bits per heavy atom. The van der Waals surface area contributed by atoms with Crippen LogP contribution in [-0.2, 0) is 4.74 Å². The Kier molecular flexibility index (Phi) is 5.10. The highest BCUT2D eigenvalue weighted by Gasteiger charge is 2.10. The second kappa shape index (κ2) is 6.83. The van der Waals surface area contributed by atoms with Crippen LogP contribution in [0.5, 0.6) is 0 Å². The minimum atomic E-state index is -0.360. The zero-order valence-corrected chi connectivity index (χ0v) is 13.2. The number of halogens is 2. The number of carbonyl (C=O) groups is 1. The summed E-state index contributed by atoms with van der Waals surface area (Å²) in [6, 6.07) is 12.7. The quantitative estimate of drug-likeness (QED) is 0.809. The van der Waals surface area contributed by atoms with Gasteiger partial charge in [-0.25, -0.2) is 4.79 Å². The number of hydrogen-bond donors (Lipinski definition) is 1. The van der Waals surface area contributed by atoms with Gasteiger partial charge in [0.25, 0.3) is 0 Å². The predicted molar refractivity (Wildman–Crippen MR) is 86.3 cm³/mol. The van der Waals surface area contributed by atoms with Gasteiger partial charge in [-0.05, 0) is 42.8 Å². The van der Waals surface area contributed by atoms with Crippen molar-refractivity contribution in [2.45, 2.75) is 13.0 Å². The Balaban J connectivity index is 2.17. The van der Waals surface area contributed by atoms with Crippen molar-refractivity contribution in [3.8, 4) is 0 Å². The molecule has 0 aliphatic heterocycles. The van der Waals surface area contributed by atoms with Gasteiger partial charge in [0.05, 0.1) is 22.7 Å². The van der Waals surface area contributed by atoms with E-state index >= 15 is 0 Å². The molecule has 0 saturated carbocycles. The number of benzene rings is 2. The first-order valence-electron chi connectivity index (χ1n) is 6.41. The first-order chi connectivity index (χ1) is 10.0. The van der Waals surface area contributed by atoms with Gasteiger partial charge in [-0.15, -0.1) is 0 Å². The average molecular weight is 324 g/mol. The molecule has 1 N–H and O–H groups in total. The van der Waals surface area contributed by atoms with E-state index in [1.54, 1.807) is 24.3 Å². The fraction of sp³-hybridized carbons (Fsp3) is 0.188. The van der Waals surface area contributed by atoms with Crippen LogP contribution < -0.4 is 5.32 Å². The molecule has 1 atom stereocenters. The van der Waals surface area contributed by atoms with Gasteiger partial charge in [-0.3, -0.25) is 0 Å². The van der Waals surface area contributed by atoms with E-state index in [2.05, 4.69) is 5.32 Å². The maximum atomic E-state index is 11.5. The van der Waals surface area contributed by atoms with Crippen LogP contribution in [0, 0.1) is 0 Å². The summed E-state index contributed by atoms with van der Waals surface area (Å²) >= 11 is 11.9. The molecule has 2 aromatic carbocycles. The number of ether oxygens (including phenoxy) is 1. The number of hydrogen-bond acceptors (Lipinski definition) is 3. The molecule has 0 heterocycles. The highest BCUT2D eigenvalue weighted by molar-refractivity contribution is 6.42. The molecule has 0 saturated heterocycles. The monoisotopic (exact) mass is 323 g/mol. The summed E-state index contributed by atoms with van der Waals surface area (Å²) in [7, 11) is 1.36. The fourth-order valence-electron chi connectivity index (χ4n) is 1.97. The molecule has 2 aromatic rings. The van der Waals surface area contributed by atoms with Crippen molar-refractivity contribution in [1.29, 1.82) is 0 Å². The molecular weight excluding hydrogens is 309 g/mol. The maximum absolute atomic E-state index is 11.5. The Hall–Kier alpha value is -1.71. The van der Waals surface area contributed by atoms with Crippen molar-refractivity contribution in [1.82, 2.24) is 0 Å². The predicted octanol–water partition coefficient (Wildman–Crippen LogP) is 4.95. The summed E-state index contributed by atoms with van der Waals surface area (Å²) in [6.07, 6.45) is 0. The Bertz CT molecular complexity index is 658. The lowest BCUT2D eigenvalue weighted by Gasteiger charge is -2.16. The molecule has 0 radical (unpaired) electrons. The number of esters is 1. The lowest BCUT2D eigenvalue weighted by atomic mass is 10.1.